The highest BCUT2D eigenvalue weighted by atomic mass is 16.5. The quantitative estimate of drug-likeness (QED) is 0.277. The fourth-order valence-corrected chi connectivity index (χ4v) is 1.93. The molecule has 0 saturated carbocycles. The SMILES string of the molecule is CCCCCCCOC(=O)/C=C/C(=O)OCCC(C)CCOC. The van der Waals surface area contributed by atoms with Crippen molar-refractivity contribution in [1.82, 2.24) is 0 Å². The molecule has 1 unspecified atom stereocenters. The Hall–Kier alpha value is -1.36. The summed E-state index contributed by atoms with van der Waals surface area (Å²) in [5.41, 5.74) is 0. The lowest BCUT2D eigenvalue weighted by atomic mass is 10.1. The molecule has 0 N–H and O–H groups in total. The lowest BCUT2D eigenvalue weighted by Gasteiger charge is -2.09. The van der Waals surface area contributed by atoms with E-state index in [1.807, 2.05) is 0 Å². The van der Waals surface area contributed by atoms with Gasteiger partial charge in [0.1, 0.15) is 0 Å². The normalized spacial score (nSPS) is 12.3. The largest absolute Gasteiger partial charge is 0.463 e. The Balaban J connectivity index is 3.63. The molecule has 0 fully saturated rings. The van der Waals surface area contributed by atoms with Crippen LogP contribution in [0.25, 0.3) is 0 Å². The third kappa shape index (κ3) is 15.3. The van der Waals surface area contributed by atoms with E-state index < -0.39 is 11.9 Å². The van der Waals surface area contributed by atoms with Crippen molar-refractivity contribution in [1.29, 1.82) is 0 Å². The van der Waals surface area contributed by atoms with Crippen molar-refractivity contribution in [2.24, 2.45) is 5.92 Å². The number of rotatable bonds is 14. The molecule has 23 heavy (non-hydrogen) atoms. The van der Waals surface area contributed by atoms with Gasteiger partial charge in [0, 0.05) is 25.9 Å². The van der Waals surface area contributed by atoms with Crippen molar-refractivity contribution in [3.05, 3.63) is 12.2 Å². The van der Waals surface area contributed by atoms with Gasteiger partial charge in [-0.3, -0.25) is 0 Å². The highest BCUT2D eigenvalue weighted by molar-refractivity contribution is 5.91. The number of ether oxygens (including phenoxy) is 3. The molecule has 0 aromatic rings. The van der Waals surface area contributed by atoms with Crippen LogP contribution >= 0.6 is 0 Å². The minimum atomic E-state index is -0.510. The summed E-state index contributed by atoms with van der Waals surface area (Å²) >= 11 is 0. The first-order valence-electron chi connectivity index (χ1n) is 8.60. The Bertz CT molecular complexity index is 338. The topological polar surface area (TPSA) is 61.8 Å². The molecule has 0 aliphatic carbocycles. The van der Waals surface area contributed by atoms with Crippen LogP contribution in [0.2, 0.25) is 0 Å². The van der Waals surface area contributed by atoms with E-state index in [2.05, 4.69) is 13.8 Å². The van der Waals surface area contributed by atoms with Crippen molar-refractivity contribution in [2.45, 2.75) is 58.8 Å². The molecular formula is C18H32O5. The zero-order valence-electron chi connectivity index (χ0n) is 14.8. The van der Waals surface area contributed by atoms with Gasteiger partial charge in [0.25, 0.3) is 0 Å². The van der Waals surface area contributed by atoms with Gasteiger partial charge in [-0.05, 0) is 25.2 Å². The number of carbonyl (C=O) groups excluding carboxylic acids is 2. The first kappa shape index (κ1) is 21.6. The smallest absolute Gasteiger partial charge is 0.331 e. The number of methoxy groups -OCH3 is 1. The first-order valence-corrected chi connectivity index (χ1v) is 8.60. The van der Waals surface area contributed by atoms with Crippen molar-refractivity contribution in [3.63, 3.8) is 0 Å². The molecule has 134 valence electrons. The summed E-state index contributed by atoms with van der Waals surface area (Å²) in [6.07, 6.45) is 9.47. The molecule has 0 radical (unpaired) electrons. The molecule has 1 atom stereocenters. The van der Waals surface area contributed by atoms with Crippen LogP contribution in [0.3, 0.4) is 0 Å². The third-order valence-corrected chi connectivity index (χ3v) is 3.52. The molecule has 0 amide bonds. The monoisotopic (exact) mass is 328 g/mol. The summed E-state index contributed by atoms with van der Waals surface area (Å²) in [7, 11) is 1.67. The van der Waals surface area contributed by atoms with Crippen LogP contribution in [-0.2, 0) is 23.8 Å². The highest BCUT2D eigenvalue weighted by Crippen LogP contribution is 2.07. The van der Waals surface area contributed by atoms with Crippen LogP contribution in [0, 0.1) is 5.92 Å². The van der Waals surface area contributed by atoms with E-state index in [0.29, 0.717) is 25.7 Å². The van der Waals surface area contributed by atoms with E-state index in [4.69, 9.17) is 14.2 Å². The maximum atomic E-state index is 11.4. The molecular weight excluding hydrogens is 296 g/mol. The van der Waals surface area contributed by atoms with Crippen molar-refractivity contribution in [2.75, 3.05) is 26.9 Å². The zero-order chi connectivity index (χ0) is 17.3. The lowest BCUT2D eigenvalue weighted by Crippen LogP contribution is -2.09. The molecule has 0 aliphatic rings. The van der Waals surface area contributed by atoms with Gasteiger partial charge in [0.05, 0.1) is 13.2 Å². The van der Waals surface area contributed by atoms with Crippen LogP contribution < -0.4 is 0 Å². The van der Waals surface area contributed by atoms with E-state index >= 15 is 0 Å². The van der Waals surface area contributed by atoms with Crippen LogP contribution in [0.1, 0.15) is 58.8 Å². The Labute approximate surface area is 140 Å². The molecule has 0 bridgehead atoms. The van der Waals surface area contributed by atoms with Crippen LogP contribution in [0.4, 0.5) is 0 Å². The summed E-state index contributed by atoms with van der Waals surface area (Å²) in [4.78, 5) is 22.9. The van der Waals surface area contributed by atoms with Crippen LogP contribution in [0.5, 0.6) is 0 Å². The summed E-state index contributed by atoms with van der Waals surface area (Å²) in [6, 6.07) is 0. The number of hydrogen-bond acceptors (Lipinski definition) is 5. The van der Waals surface area contributed by atoms with Crippen molar-refractivity contribution >= 4 is 11.9 Å². The second-order valence-corrected chi connectivity index (χ2v) is 5.76. The summed E-state index contributed by atoms with van der Waals surface area (Å²) in [6.45, 7) is 5.70. The fraction of sp³-hybridized carbons (Fsp3) is 0.778. The van der Waals surface area contributed by atoms with E-state index in [9.17, 15) is 9.59 Å². The molecule has 0 heterocycles. The Kier molecular flexibility index (Phi) is 14.6. The van der Waals surface area contributed by atoms with Gasteiger partial charge in [-0.2, -0.15) is 0 Å². The van der Waals surface area contributed by atoms with Crippen LogP contribution in [-0.4, -0.2) is 38.9 Å². The average molecular weight is 328 g/mol. The maximum absolute atomic E-state index is 11.4. The average Bonchev–Trinajstić information content (AvgIpc) is 2.54. The van der Waals surface area contributed by atoms with Gasteiger partial charge in [-0.25, -0.2) is 9.59 Å². The predicted molar refractivity (Wildman–Crippen MR) is 90.1 cm³/mol. The maximum Gasteiger partial charge on any atom is 0.331 e. The minimum absolute atomic E-state index is 0.348. The first-order chi connectivity index (χ1) is 11.1. The Morgan fingerprint density at radius 1 is 0.870 bits per heavy atom. The van der Waals surface area contributed by atoms with Crippen molar-refractivity contribution < 1.29 is 23.8 Å². The number of hydrogen-bond donors (Lipinski definition) is 0. The van der Waals surface area contributed by atoms with Gasteiger partial charge >= 0.3 is 11.9 Å². The van der Waals surface area contributed by atoms with Gasteiger partial charge in [-0.1, -0.05) is 39.5 Å². The highest BCUT2D eigenvalue weighted by Gasteiger charge is 2.05. The van der Waals surface area contributed by atoms with E-state index in [-0.39, 0.29) is 0 Å². The van der Waals surface area contributed by atoms with E-state index in [1.165, 1.54) is 19.3 Å². The number of esters is 2. The molecule has 0 aliphatic heterocycles. The number of carbonyl (C=O) groups is 2. The van der Waals surface area contributed by atoms with E-state index in [1.54, 1.807) is 7.11 Å². The zero-order valence-corrected chi connectivity index (χ0v) is 14.8. The molecule has 0 aromatic heterocycles. The third-order valence-electron chi connectivity index (χ3n) is 3.52. The molecule has 5 heteroatoms. The van der Waals surface area contributed by atoms with Crippen LogP contribution in [0.15, 0.2) is 12.2 Å². The summed E-state index contributed by atoms with van der Waals surface area (Å²) in [5.74, 6) is -0.570. The summed E-state index contributed by atoms with van der Waals surface area (Å²) in [5, 5.41) is 0. The van der Waals surface area contributed by atoms with E-state index in [0.717, 1.165) is 37.8 Å². The fourth-order valence-electron chi connectivity index (χ4n) is 1.93. The van der Waals surface area contributed by atoms with Gasteiger partial charge in [0.2, 0.25) is 0 Å². The lowest BCUT2D eigenvalue weighted by molar-refractivity contribution is -0.140. The number of unbranched alkanes of at least 4 members (excludes halogenated alkanes) is 4. The minimum Gasteiger partial charge on any atom is -0.463 e. The Morgan fingerprint density at radius 2 is 1.43 bits per heavy atom. The molecule has 0 saturated heterocycles. The molecule has 0 rings (SSSR count). The summed E-state index contributed by atoms with van der Waals surface area (Å²) < 4.78 is 15.0. The molecule has 0 spiro atoms. The molecule has 5 nitrogen and oxygen atoms in total. The standard InChI is InChI=1S/C18H32O5/c1-4-5-6-7-8-13-22-17(19)9-10-18(20)23-15-12-16(2)11-14-21-3/h9-10,16H,4-8,11-15H2,1-3H3/b10-9+. The second kappa shape index (κ2) is 15.5. The molecule has 0 aromatic carbocycles. The predicted octanol–water partition coefficient (Wildman–Crippen LogP) is 3.66. The van der Waals surface area contributed by atoms with Gasteiger partial charge in [0.15, 0.2) is 0 Å². The van der Waals surface area contributed by atoms with Crippen molar-refractivity contribution in [3.8, 4) is 0 Å². The second-order valence-electron chi connectivity index (χ2n) is 5.76. The van der Waals surface area contributed by atoms with Gasteiger partial charge in [-0.15, -0.1) is 0 Å². The Morgan fingerprint density at radius 3 is 2.04 bits per heavy atom. The van der Waals surface area contributed by atoms with Gasteiger partial charge < -0.3 is 14.2 Å².